The van der Waals surface area contributed by atoms with Crippen LogP contribution in [0.4, 0.5) is 0 Å². The number of halogens is 1. The number of carbonyl (C=O) groups excluding carboxylic acids is 1. The zero-order valence-corrected chi connectivity index (χ0v) is 13.4. The zero-order valence-electron chi connectivity index (χ0n) is 12.5. The van der Waals surface area contributed by atoms with E-state index in [4.69, 9.17) is 19.6 Å². The van der Waals surface area contributed by atoms with Crippen molar-refractivity contribution in [1.82, 2.24) is 5.32 Å². The molecule has 2 aromatic rings. The van der Waals surface area contributed by atoms with Crippen molar-refractivity contribution in [3.8, 4) is 11.5 Å². The first-order chi connectivity index (χ1) is 10.8. The summed E-state index contributed by atoms with van der Waals surface area (Å²) in [5.41, 5.74) is 7.02. The van der Waals surface area contributed by atoms with Crippen LogP contribution < -0.4 is 20.5 Å². The molecule has 0 saturated heterocycles. The summed E-state index contributed by atoms with van der Waals surface area (Å²) in [4.78, 5) is 11.9. The van der Waals surface area contributed by atoms with Crippen molar-refractivity contribution in [1.29, 1.82) is 0 Å². The van der Waals surface area contributed by atoms with Gasteiger partial charge in [0.1, 0.15) is 25.2 Å². The van der Waals surface area contributed by atoms with Crippen LogP contribution in [0, 0.1) is 0 Å². The lowest BCUT2D eigenvalue weighted by molar-refractivity contribution is 0.0953. The normalized spacial score (nSPS) is 12.4. The molecule has 0 saturated carbocycles. The average Bonchev–Trinajstić information content (AvgIpc) is 3.04. The molecule has 3 N–H and O–H groups in total. The molecule has 0 bridgehead atoms. The highest BCUT2D eigenvalue weighted by atomic mass is 35.5. The molecular formula is C16H19ClN2O4. The Morgan fingerprint density at radius 1 is 1.17 bits per heavy atom. The summed E-state index contributed by atoms with van der Waals surface area (Å²) >= 11 is 0. The number of nitrogens with two attached hydrogens (primary N) is 1. The van der Waals surface area contributed by atoms with Crippen LogP contribution in [0.1, 0.15) is 21.7 Å². The van der Waals surface area contributed by atoms with Crippen molar-refractivity contribution in [2.45, 2.75) is 13.0 Å². The third-order valence-corrected chi connectivity index (χ3v) is 3.42. The molecule has 0 aliphatic carbocycles. The van der Waals surface area contributed by atoms with Crippen LogP contribution in [-0.2, 0) is 13.0 Å². The largest absolute Gasteiger partial charge is 0.486 e. The first kappa shape index (κ1) is 17.2. The van der Waals surface area contributed by atoms with Crippen LogP contribution in [0.2, 0.25) is 0 Å². The lowest BCUT2D eigenvalue weighted by Gasteiger charge is -2.18. The van der Waals surface area contributed by atoms with Gasteiger partial charge in [0.05, 0.1) is 12.1 Å². The Hall–Kier alpha value is -2.18. The van der Waals surface area contributed by atoms with Gasteiger partial charge in [-0.3, -0.25) is 4.79 Å². The van der Waals surface area contributed by atoms with E-state index in [2.05, 4.69) is 5.32 Å². The fraction of sp³-hybridized carbons (Fsp3) is 0.312. The number of ether oxygens (including phenoxy) is 2. The van der Waals surface area contributed by atoms with Gasteiger partial charge in [0.15, 0.2) is 11.5 Å². The molecule has 124 valence electrons. The molecule has 0 radical (unpaired) electrons. The maximum Gasteiger partial charge on any atom is 0.254 e. The molecule has 23 heavy (non-hydrogen) atoms. The van der Waals surface area contributed by atoms with E-state index in [0.29, 0.717) is 37.5 Å². The van der Waals surface area contributed by atoms with Crippen molar-refractivity contribution in [2.24, 2.45) is 5.73 Å². The van der Waals surface area contributed by atoms with Gasteiger partial charge in [0.25, 0.3) is 5.91 Å². The highest BCUT2D eigenvalue weighted by molar-refractivity contribution is 5.93. The predicted molar refractivity (Wildman–Crippen MR) is 87.3 cm³/mol. The minimum atomic E-state index is -0.166. The number of fused-ring (bicyclic) bond motifs is 1. The summed E-state index contributed by atoms with van der Waals surface area (Å²) in [6, 6.07) is 7.48. The molecule has 1 aliphatic heterocycles. The average molecular weight is 339 g/mol. The van der Waals surface area contributed by atoms with Crippen LogP contribution in [0.3, 0.4) is 0 Å². The number of carbonyl (C=O) groups is 1. The Bertz CT molecular complexity index is 672. The van der Waals surface area contributed by atoms with Crippen molar-refractivity contribution >= 4 is 18.3 Å². The smallest absolute Gasteiger partial charge is 0.254 e. The summed E-state index contributed by atoms with van der Waals surface area (Å²) in [6.45, 7) is 1.96. The van der Waals surface area contributed by atoms with Crippen LogP contribution >= 0.6 is 12.4 Å². The van der Waals surface area contributed by atoms with Crippen molar-refractivity contribution < 1.29 is 18.7 Å². The quantitative estimate of drug-likeness (QED) is 0.869. The van der Waals surface area contributed by atoms with Gasteiger partial charge in [-0.1, -0.05) is 6.07 Å². The van der Waals surface area contributed by atoms with Gasteiger partial charge in [-0.05, 0) is 30.2 Å². The molecule has 1 aliphatic rings. The van der Waals surface area contributed by atoms with Gasteiger partial charge in [0, 0.05) is 6.54 Å². The van der Waals surface area contributed by atoms with Crippen LogP contribution in [0.5, 0.6) is 11.5 Å². The number of benzene rings is 1. The standard InChI is InChI=1S/C16H18N2O4.ClH/c17-9-13-8-12(10-22-13)16(19)18-4-3-11-1-2-14-15(7-11)21-6-5-20-14;/h1-2,7-8,10H,3-6,9,17H2,(H,18,19);1H. The number of hydrogen-bond acceptors (Lipinski definition) is 5. The second-order valence-corrected chi connectivity index (χ2v) is 4.99. The Kier molecular flexibility index (Phi) is 5.90. The zero-order chi connectivity index (χ0) is 15.4. The van der Waals surface area contributed by atoms with Gasteiger partial charge in [-0.25, -0.2) is 0 Å². The maximum atomic E-state index is 11.9. The molecule has 1 amide bonds. The van der Waals surface area contributed by atoms with Crippen molar-refractivity contribution in [3.63, 3.8) is 0 Å². The fourth-order valence-electron chi connectivity index (χ4n) is 2.27. The molecule has 1 aromatic heterocycles. The molecule has 1 aromatic carbocycles. The first-order valence-corrected chi connectivity index (χ1v) is 7.20. The second-order valence-electron chi connectivity index (χ2n) is 4.99. The topological polar surface area (TPSA) is 86.7 Å². The third-order valence-electron chi connectivity index (χ3n) is 3.42. The summed E-state index contributed by atoms with van der Waals surface area (Å²) in [5, 5.41) is 2.85. The van der Waals surface area contributed by atoms with E-state index in [1.165, 1.54) is 6.26 Å². The van der Waals surface area contributed by atoms with E-state index < -0.39 is 0 Å². The fourth-order valence-corrected chi connectivity index (χ4v) is 2.27. The molecule has 3 rings (SSSR count). The number of amides is 1. The summed E-state index contributed by atoms with van der Waals surface area (Å²) in [5.74, 6) is 1.96. The molecule has 2 heterocycles. The predicted octanol–water partition coefficient (Wildman–Crippen LogP) is 1.90. The monoisotopic (exact) mass is 338 g/mol. The maximum absolute atomic E-state index is 11.9. The summed E-state index contributed by atoms with van der Waals surface area (Å²) < 4.78 is 16.2. The Morgan fingerprint density at radius 2 is 1.96 bits per heavy atom. The van der Waals surface area contributed by atoms with Gasteiger partial charge in [-0.2, -0.15) is 0 Å². The molecule has 6 nitrogen and oxygen atoms in total. The van der Waals surface area contributed by atoms with Crippen molar-refractivity contribution in [3.05, 3.63) is 47.4 Å². The number of hydrogen-bond donors (Lipinski definition) is 2. The van der Waals surface area contributed by atoms with E-state index >= 15 is 0 Å². The Labute approximate surface area is 140 Å². The van der Waals surface area contributed by atoms with Gasteiger partial charge in [0.2, 0.25) is 0 Å². The van der Waals surface area contributed by atoms with E-state index in [0.717, 1.165) is 17.1 Å². The molecular weight excluding hydrogens is 320 g/mol. The van der Waals surface area contributed by atoms with Gasteiger partial charge >= 0.3 is 0 Å². The lowest BCUT2D eigenvalue weighted by Crippen LogP contribution is -2.25. The number of furan rings is 1. The third kappa shape index (κ3) is 4.18. The van der Waals surface area contributed by atoms with Crippen LogP contribution in [0.25, 0.3) is 0 Å². The van der Waals surface area contributed by atoms with E-state index in [-0.39, 0.29) is 24.9 Å². The number of rotatable bonds is 5. The Balaban J connectivity index is 0.00000192. The molecule has 7 heteroatoms. The van der Waals surface area contributed by atoms with Crippen LogP contribution in [-0.4, -0.2) is 25.7 Å². The highest BCUT2D eigenvalue weighted by Crippen LogP contribution is 2.30. The first-order valence-electron chi connectivity index (χ1n) is 7.20. The molecule has 0 atom stereocenters. The number of nitrogens with one attached hydrogen (secondary N) is 1. The van der Waals surface area contributed by atoms with E-state index in [1.807, 2.05) is 18.2 Å². The van der Waals surface area contributed by atoms with Gasteiger partial charge < -0.3 is 24.9 Å². The molecule has 0 fully saturated rings. The Morgan fingerprint density at radius 3 is 2.70 bits per heavy atom. The van der Waals surface area contributed by atoms with E-state index in [9.17, 15) is 4.79 Å². The summed E-state index contributed by atoms with van der Waals surface area (Å²) in [7, 11) is 0. The second kappa shape index (κ2) is 7.89. The molecule has 0 spiro atoms. The van der Waals surface area contributed by atoms with Gasteiger partial charge in [-0.15, -0.1) is 12.4 Å². The SMILES string of the molecule is Cl.NCc1cc(C(=O)NCCc2ccc3c(c2)OCCO3)co1. The van der Waals surface area contributed by atoms with Crippen LogP contribution in [0.15, 0.2) is 34.9 Å². The lowest BCUT2D eigenvalue weighted by atomic mass is 10.1. The summed E-state index contributed by atoms with van der Waals surface area (Å²) in [6.07, 6.45) is 2.13. The van der Waals surface area contributed by atoms with E-state index in [1.54, 1.807) is 6.07 Å². The van der Waals surface area contributed by atoms with Crippen molar-refractivity contribution in [2.75, 3.05) is 19.8 Å². The highest BCUT2D eigenvalue weighted by Gasteiger charge is 2.12. The minimum Gasteiger partial charge on any atom is -0.486 e. The minimum absolute atomic E-state index is 0. The molecule has 0 unspecified atom stereocenters.